The first-order chi connectivity index (χ1) is 15.9. The normalized spacial score (nSPS) is 14.9. The Morgan fingerprint density at radius 3 is 2.58 bits per heavy atom. The number of nitrogens with one attached hydrogen (secondary N) is 1. The summed E-state index contributed by atoms with van der Waals surface area (Å²) in [4.78, 5) is 12.5. The van der Waals surface area contributed by atoms with Gasteiger partial charge in [0, 0.05) is 29.6 Å². The van der Waals surface area contributed by atoms with Gasteiger partial charge in [0.1, 0.15) is 11.8 Å². The average molecular weight is 465 g/mol. The number of rotatable bonds is 5. The number of morpholine rings is 1. The Morgan fingerprint density at radius 2 is 1.85 bits per heavy atom. The highest BCUT2D eigenvalue weighted by Crippen LogP contribution is 2.28. The van der Waals surface area contributed by atoms with Crippen molar-refractivity contribution in [2.24, 2.45) is 5.10 Å². The predicted octanol–water partition coefficient (Wildman–Crippen LogP) is 2.20. The number of ether oxygens (including phenoxy) is 1. The number of sulfonamides is 1. The molecule has 1 fully saturated rings. The van der Waals surface area contributed by atoms with Crippen LogP contribution in [0.5, 0.6) is 5.75 Å². The van der Waals surface area contributed by atoms with Crippen molar-refractivity contribution in [3.8, 4) is 11.8 Å². The highest BCUT2D eigenvalue weighted by Gasteiger charge is 2.28. The van der Waals surface area contributed by atoms with Crippen LogP contribution in [0.25, 0.3) is 10.8 Å². The second-order valence-corrected chi connectivity index (χ2v) is 9.16. The topological polar surface area (TPSA) is 132 Å². The molecule has 1 aliphatic heterocycles. The van der Waals surface area contributed by atoms with E-state index in [4.69, 9.17) is 10.00 Å². The van der Waals surface area contributed by atoms with Crippen LogP contribution < -0.4 is 5.43 Å². The molecule has 168 valence electrons. The number of phenolic OH excluding ortho intramolecular Hbond substituents is 1. The zero-order valence-corrected chi connectivity index (χ0v) is 18.2. The van der Waals surface area contributed by atoms with Gasteiger partial charge in [-0.2, -0.15) is 14.7 Å². The van der Waals surface area contributed by atoms with Crippen LogP contribution in [-0.2, 0) is 14.8 Å². The minimum absolute atomic E-state index is 0.0188. The van der Waals surface area contributed by atoms with Crippen LogP contribution in [0.15, 0.2) is 64.6 Å². The molecule has 0 unspecified atom stereocenters. The summed E-state index contributed by atoms with van der Waals surface area (Å²) in [5.41, 5.74) is 3.15. The minimum atomic E-state index is -3.69. The maximum Gasteiger partial charge on any atom is 0.271 e. The van der Waals surface area contributed by atoms with Crippen molar-refractivity contribution in [1.82, 2.24) is 9.73 Å². The van der Waals surface area contributed by atoms with E-state index in [1.54, 1.807) is 36.4 Å². The molecule has 2 N–H and O–H groups in total. The van der Waals surface area contributed by atoms with Gasteiger partial charge >= 0.3 is 0 Å². The number of benzene rings is 3. The van der Waals surface area contributed by atoms with Gasteiger partial charge in [0.15, 0.2) is 0 Å². The van der Waals surface area contributed by atoms with Crippen molar-refractivity contribution < 1.29 is 23.1 Å². The molecule has 0 spiro atoms. The van der Waals surface area contributed by atoms with Crippen LogP contribution in [0.3, 0.4) is 0 Å². The largest absolute Gasteiger partial charge is 0.507 e. The Kier molecular flexibility index (Phi) is 6.37. The Hall–Kier alpha value is -3.78. The van der Waals surface area contributed by atoms with E-state index in [0.29, 0.717) is 42.6 Å². The molecule has 1 saturated heterocycles. The minimum Gasteiger partial charge on any atom is -0.507 e. The Balaban J connectivity index is 1.61. The van der Waals surface area contributed by atoms with Crippen LogP contribution >= 0.6 is 0 Å². The van der Waals surface area contributed by atoms with E-state index in [1.807, 2.05) is 0 Å². The van der Waals surface area contributed by atoms with E-state index in [-0.39, 0.29) is 21.8 Å². The second kappa shape index (κ2) is 9.38. The predicted molar refractivity (Wildman–Crippen MR) is 121 cm³/mol. The fourth-order valence-corrected chi connectivity index (χ4v) is 5.15. The van der Waals surface area contributed by atoms with Crippen molar-refractivity contribution in [3.05, 3.63) is 71.3 Å². The van der Waals surface area contributed by atoms with E-state index < -0.39 is 15.9 Å². The lowest BCUT2D eigenvalue weighted by Gasteiger charge is -2.26. The van der Waals surface area contributed by atoms with E-state index in [9.17, 15) is 18.3 Å². The quantitative estimate of drug-likeness (QED) is 0.439. The van der Waals surface area contributed by atoms with E-state index in [2.05, 4.69) is 10.5 Å². The maximum atomic E-state index is 13.2. The lowest BCUT2D eigenvalue weighted by molar-refractivity contribution is 0.0730. The summed E-state index contributed by atoms with van der Waals surface area (Å²) in [6.45, 7) is 1.32. The smallest absolute Gasteiger partial charge is 0.271 e. The van der Waals surface area contributed by atoms with Crippen molar-refractivity contribution in [2.75, 3.05) is 26.3 Å². The maximum absolute atomic E-state index is 13.2. The van der Waals surface area contributed by atoms with Crippen molar-refractivity contribution in [3.63, 3.8) is 0 Å². The van der Waals surface area contributed by atoms with Crippen molar-refractivity contribution >= 4 is 32.9 Å². The third-order valence-electron chi connectivity index (χ3n) is 5.25. The molecule has 0 aromatic heterocycles. The molecule has 33 heavy (non-hydrogen) atoms. The lowest BCUT2D eigenvalue weighted by atomic mass is 10.1. The number of carbonyl (C=O) groups is 1. The molecule has 0 radical (unpaired) electrons. The van der Waals surface area contributed by atoms with Crippen molar-refractivity contribution in [2.45, 2.75) is 4.90 Å². The summed E-state index contributed by atoms with van der Waals surface area (Å²) in [5, 5.41) is 23.8. The number of aromatic hydroxyl groups is 1. The van der Waals surface area contributed by atoms with Crippen LogP contribution in [0, 0.1) is 11.3 Å². The molecule has 0 aliphatic carbocycles. The third-order valence-corrected chi connectivity index (χ3v) is 7.21. The standard InChI is InChI=1S/C23H20N4O5S/c24-14-18-13-16(5-7-21(18)28)23(29)26-25-15-17-6-8-22(20-4-2-1-3-19(17)20)33(30,31)27-9-11-32-12-10-27/h1-8,13,15,28H,9-12H2,(H,26,29)/b25-15+. The Labute approximate surface area is 190 Å². The van der Waals surface area contributed by atoms with Gasteiger partial charge in [-0.05, 0) is 29.7 Å². The molecule has 0 atom stereocenters. The zero-order chi connectivity index (χ0) is 23.4. The van der Waals surface area contributed by atoms with Gasteiger partial charge in [-0.15, -0.1) is 0 Å². The van der Waals surface area contributed by atoms with Gasteiger partial charge in [0.05, 0.1) is 29.9 Å². The molecule has 4 rings (SSSR count). The van der Waals surface area contributed by atoms with Crippen LogP contribution in [0.2, 0.25) is 0 Å². The lowest BCUT2D eigenvalue weighted by Crippen LogP contribution is -2.40. The summed E-state index contributed by atoms with van der Waals surface area (Å²) in [6, 6.07) is 16.0. The van der Waals surface area contributed by atoms with Crippen LogP contribution in [0.1, 0.15) is 21.5 Å². The number of hydrazone groups is 1. The van der Waals surface area contributed by atoms with Gasteiger partial charge in [0.25, 0.3) is 5.91 Å². The molecule has 1 amide bonds. The van der Waals surface area contributed by atoms with Crippen LogP contribution in [-0.4, -0.2) is 56.3 Å². The SMILES string of the molecule is N#Cc1cc(C(=O)N/N=C/c2ccc(S(=O)(=O)N3CCOCC3)c3ccccc23)ccc1O. The summed E-state index contributed by atoms with van der Waals surface area (Å²) in [5.74, 6) is -0.769. The molecular weight excluding hydrogens is 444 g/mol. The highest BCUT2D eigenvalue weighted by atomic mass is 32.2. The number of carbonyl (C=O) groups excluding carboxylic acids is 1. The number of hydrogen-bond donors (Lipinski definition) is 2. The first-order valence-electron chi connectivity index (χ1n) is 10.1. The fraction of sp³-hybridized carbons (Fsp3) is 0.174. The summed E-state index contributed by atoms with van der Waals surface area (Å²) in [7, 11) is -3.69. The molecule has 0 saturated carbocycles. The average Bonchev–Trinajstić information content (AvgIpc) is 2.84. The molecule has 1 heterocycles. The monoisotopic (exact) mass is 464 g/mol. The van der Waals surface area contributed by atoms with Gasteiger partial charge in [-0.25, -0.2) is 13.8 Å². The Morgan fingerprint density at radius 1 is 1.12 bits per heavy atom. The first kappa shape index (κ1) is 22.4. The molecule has 1 aliphatic rings. The number of hydrogen-bond acceptors (Lipinski definition) is 7. The second-order valence-electron chi connectivity index (χ2n) is 7.26. The van der Waals surface area contributed by atoms with Gasteiger partial charge in [0.2, 0.25) is 10.0 Å². The number of phenols is 1. The van der Waals surface area contributed by atoms with Crippen LogP contribution in [0.4, 0.5) is 0 Å². The summed E-state index contributed by atoms with van der Waals surface area (Å²) < 4.78 is 33.1. The molecular formula is C23H20N4O5S. The number of fused-ring (bicyclic) bond motifs is 1. The zero-order valence-electron chi connectivity index (χ0n) is 17.4. The molecule has 3 aromatic carbocycles. The molecule has 9 nitrogen and oxygen atoms in total. The Bertz CT molecular complexity index is 1390. The van der Waals surface area contributed by atoms with E-state index in [0.717, 1.165) is 0 Å². The number of amides is 1. The van der Waals surface area contributed by atoms with E-state index in [1.165, 1.54) is 34.8 Å². The molecule has 10 heteroatoms. The molecule has 0 bridgehead atoms. The fourth-order valence-electron chi connectivity index (χ4n) is 3.55. The number of nitrogens with zero attached hydrogens (tertiary/aromatic N) is 3. The molecule has 3 aromatic rings. The van der Waals surface area contributed by atoms with Gasteiger partial charge in [-0.1, -0.05) is 30.3 Å². The highest BCUT2D eigenvalue weighted by molar-refractivity contribution is 7.89. The summed E-state index contributed by atoms with van der Waals surface area (Å²) >= 11 is 0. The van der Waals surface area contributed by atoms with Gasteiger partial charge in [-0.3, -0.25) is 4.79 Å². The van der Waals surface area contributed by atoms with Gasteiger partial charge < -0.3 is 9.84 Å². The van der Waals surface area contributed by atoms with Crippen molar-refractivity contribution in [1.29, 1.82) is 5.26 Å². The summed E-state index contributed by atoms with van der Waals surface area (Å²) in [6.07, 6.45) is 1.43. The third kappa shape index (κ3) is 4.56. The first-order valence-corrected chi connectivity index (χ1v) is 11.5. The van der Waals surface area contributed by atoms with E-state index >= 15 is 0 Å². The number of nitriles is 1.